The number of benzene rings is 1. The van der Waals surface area contributed by atoms with Crippen LogP contribution in [-0.2, 0) is 14.3 Å². The summed E-state index contributed by atoms with van der Waals surface area (Å²) >= 11 is 1.23. The number of hydrogen-bond donors (Lipinski definition) is 1. The number of para-hydroxylation sites is 2. The van der Waals surface area contributed by atoms with E-state index in [1.165, 1.54) is 11.8 Å². The Kier molecular flexibility index (Phi) is 8.43. The lowest BCUT2D eigenvalue weighted by atomic mass is 10.2. The van der Waals surface area contributed by atoms with Gasteiger partial charge in [-0.25, -0.2) is 0 Å². The highest BCUT2D eigenvalue weighted by Gasteiger charge is 2.10. The zero-order valence-electron chi connectivity index (χ0n) is 13.3. The summed E-state index contributed by atoms with van der Waals surface area (Å²) in [6, 6.07) is 7.26. The van der Waals surface area contributed by atoms with Crippen molar-refractivity contribution < 1.29 is 19.1 Å². The molecule has 0 aliphatic heterocycles. The maximum Gasteiger partial charge on any atom is 0.315 e. The Morgan fingerprint density at radius 3 is 2.64 bits per heavy atom. The molecule has 0 saturated heterocycles. The van der Waals surface area contributed by atoms with Crippen LogP contribution in [0.2, 0.25) is 0 Å². The predicted molar refractivity (Wildman–Crippen MR) is 89.4 cm³/mol. The van der Waals surface area contributed by atoms with Crippen molar-refractivity contribution >= 4 is 29.3 Å². The number of nitrogens with one attached hydrogen (secondary N) is 1. The second-order valence-corrected chi connectivity index (χ2v) is 6.03. The highest BCUT2D eigenvalue weighted by Crippen LogP contribution is 2.23. The first-order valence-corrected chi connectivity index (χ1v) is 8.43. The summed E-state index contributed by atoms with van der Waals surface area (Å²) in [6.45, 7) is 6.78. The van der Waals surface area contributed by atoms with Crippen LogP contribution in [0.1, 0.15) is 20.8 Å². The fraction of sp³-hybridized carbons (Fsp3) is 0.500. The Morgan fingerprint density at radius 2 is 1.95 bits per heavy atom. The number of rotatable bonds is 9. The molecule has 5 nitrogen and oxygen atoms in total. The van der Waals surface area contributed by atoms with Crippen LogP contribution in [0.3, 0.4) is 0 Å². The van der Waals surface area contributed by atoms with Crippen LogP contribution < -0.4 is 10.1 Å². The molecule has 0 aliphatic carbocycles. The first-order chi connectivity index (χ1) is 10.5. The van der Waals surface area contributed by atoms with Crippen LogP contribution >= 0.6 is 11.8 Å². The fourth-order valence-corrected chi connectivity index (χ4v) is 2.18. The van der Waals surface area contributed by atoms with E-state index in [1.807, 2.05) is 32.9 Å². The number of carbonyl (C=O) groups is 2. The van der Waals surface area contributed by atoms with Gasteiger partial charge in [-0.2, -0.15) is 0 Å². The summed E-state index contributed by atoms with van der Waals surface area (Å²) < 4.78 is 10.5. The second kappa shape index (κ2) is 10.1. The van der Waals surface area contributed by atoms with Gasteiger partial charge in [0.25, 0.3) is 0 Å². The number of esters is 1. The molecule has 1 N–H and O–H groups in total. The largest absolute Gasteiger partial charge is 0.492 e. The fourth-order valence-electron chi connectivity index (χ4n) is 1.57. The molecule has 0 bridgehead atoms. The Labute approximate surface area is 135 Å². The molecule has 0 unspecified atom stereocenters. The third kappa shape index (κ3) is 7.36. The molecular formula is C16H23NO4S. The van der Waals surface area contributed by atoms with Crippen molar-refractivity contribution in [1.82, 2.24) is 0 Å². The molecule has 1 rings (SSSR count). The van der Waals surface area contributed by atoms with E-state index < -0.39 is 0 Å². The molecule has 6 heteroatoms. The summed E-state index contributed by atoms with van der Waals surface area (Å²) in [7, 11) is 0. The quantitative estimate of drug-likeness (QED) is 0.707. The van der Waals surface area contributed by atoms with Crippen molar-refractivity contribution in [1.29, 1.82) is 0 Å². The standard InChI is InChI=1S/C16H23NO4S/c1-4-20-14-8-6-5-7-13(14)17-15(18)10-22-11-16(19)21-9-12(2)3/h5-8,12H,4,9-11H2,1-3H3,(H,17,18). The minimum Gasteiger partial charge on any atom is -0.492 e. The number of thioether (sulfide) groups is 1. The van der Waals surface area contributed by atoms with E-state index in [4.69, 9.17) is 9.47 Å². The monoisotopic (exact) mass is 325 g/mol. The van der Waals surface area contributed by atoms with E-state index >= 15 is 0 Å². The summed E-state index contributed by atoms with van der Waals surface area (Å²) in [5.74, 6) is 0.854. The van der Waals surface area contributed by atoms with E-state index in [1.54, 1.807) is 12.1 Å². The van der Waals surface area contributed by atoms with Crippen molar-refractivity contribution in [2.75, 3.05) is 30.0 Å². The average Bonchev–Trinajstić information content (AvgIpc) is 2.47. The lowest BCUT2D eigenvalue weighted by molar-refractivity contribution is -0.141. The van der Waals surface area contributed by atoms with Gasteiger partial charge in [0.05, 0.1) is 30.4 Å². The van der Waals surface area contributed by atoms with Gasteiger partial charge in [-0.3, -0.25) is 9.59 Å². The number of ether oxygens (including phenoxy) is 2. The molecular weight excluding hydrogens is 302 g/mol. The third-order valence-corrected chi connectivity index (χ3v) is 3.40. The van der Waals surface area contributed by atoms with Crippen molar-refractivity contribution in [3.63, 3.8) is 0 Å². The highest BCUT2D eigenvalue weighted by atomic mass is 32.2. The SMILES string of the molecule is CCOc1ccccc1NC(=O)CSCC(=O)OCC(C)C. The molecule has 0 aliphatic rings. The number of carbonyl (C=O) groups excluding carboxylic acids is 2. The normalized spacial score (nSPS) is 10.4. The molecule has 0 spiro atoms. The van der Waals surface area contributed by atoms with Crippen LogP contribution in [0, 0.1) is 5.92 Å². The van der Waals surface area contributed by atoms with Gasteiger partial charge in [0, 0.05) is 0 Å². The maximum atomic E-state index is 11.9. The van der Waals surface area contributed by atoms with Crippen LogP contribution in [0.25, 0.3) is 0 Å². The van der Waals surface area contributed by atoms with E-state index in [2.05, 4.69) is 5.32 Å². The highest BCUT2D eigenvalue weighted by molar-refractivity contribution is 8.00. The van der Waals surface area contributed by atoms with Crippen LogP contribution in [0.5, 0.6) is 5.75 Å². The topological polar surface area (TPSA) is 64.6 Å². The zero-order valence-corrected chi connectivity index (χ0v) is 14.1. The second-order valence-electron chi connectivity index (χ2n) is 5.05. The van der Waals surface area contributed by atoms with E-state index in [9.17, 15) is 9.59 Å². The van der Waals surface area contributed by atoms with E-state index in [0.29, 0.717) is 30.6 Å². The van der Waals surface area contributed by atoms with Gasteiger partial charge in [0.2, 0.25) is 5.91 Å². The number of amides is 1. The van der Waals surface area contributed by atoms with Gasteiger partial charge in [-0.1, -0.05) is 26.0 Å². The van der Waals surface area contributed by atoms with Gasteiger partial charge in [-0.15, -0.1) is 11.8 Å². The van der Waals surface area contributed by atoms with Crippen molar-refractivity contribution in [2.45, 2.75) is 20.8 Å². The molecule has 22 heavy (non-hydrogen) atoms. The zero-order chi connectivity index (χ0) is 16.4. The molecule has 0 heterocycles. The lowest BCUT2D eigenvalue weighted by Gasteiger charge is -2.11. The molecule has 1 amide bonds. The van der Waals surface area contributed by atoms with E-state index in [0.717, 1.165) is 0 Å². The third-order valence-electron chi connectivity index (χ3n) is 2.49. The number of hydrogen-bond acceptors (Lipinski definition) is 5. The molecule has 0 fully saturated rings. The Bertz CT molecular complexity index is 491. The van der Waals surface area contributed by atoms with Gasteiger partial charge < -0.3 is 14.8 Å². The number of anilines is 1. The molecule has 0 aromatic heterocycles. The summed E-state index contributed by atoms with van der Waals surface area (Å²) in [5, 5.41) is 2.78. The smallest absolute Gasteiger partial charge is 0.315 e. The lowest BCUT2D eigenvalue weighted by Crippen LogP contribution is -2.17. The first-order valence-electron chi connectivity index (χ1n) is 7.28. The van der Waals surface area contributed by atoms with Crippen molar-refractivity contribution in [2.24, 2.45) is 5.92 Å². The molecule has 122 valence electrons. The van der Waals surface area contributed by atoms with Gasteiger partial charge in [0.1, 0.15) is 5.75 Å². The molecule has 1 aromatic rings. The Hall–Kier alpha value is -1.69. The molecule has 0 atom stereocenters. The predicted octanol–water partition coefficient (Wildman–Crippen LogP) is 2.96. The summed E-state index contributed by atoms with van der Waals surface area (Å²) in [6.07, 6.45) is 0. The molecule has 0 saturated carbocycles. The summed E-state index contributed by atoms with van der Waals surface area (Å²) in [5.41, 5.74) is 0.636. The maximum absolute atomic E-state index is 11.9. The Balaban J connectivity index is 2.33. The van der Waals surface area contributed by atoms with Crippen LogP contribution in [0.4, 0.5) is 5.69 Å². The van der Waals surface area contributed by atoms with Crippen LogP contribution in [-0.4, -0.2) is 36.6 Å². The van der Waals surface area contributed by atoms with Gasteiger partial charge in [-0.05, 0) is 25.0 Å². The van der Waals surface area contributed by atoms with Gasteiger partial charge in [0.15, 0.2) is 0 Å². The van der Waals surface area contributed by atoms with Crippen LogP contribution in [0.15, 0.2) is 24.3 Å². The average molecular weight is 325 g/mol. The van der Waals surface area contributed by atoms with Crippen molar-refractivity contribution in [3.05, 3.63) is 24.3 Å². The Morgan fingerprint density at radius 1 is 1.23 bits per heavy atom. The molecule has 1 aromatic carbocycles. The summed E-state index contributed by atoms with van der Waals surface area (Å²) in [4.78, 5) is 23.3. The minimum absolute atomic E-state index is 0.172. The minimum atomic E-state index is -0.291. The van der Waals surface area contributed by atoms with Crippen molar-refractivity contribution in [3.8, 4) is 5.75 Å². The van der Waals surface area contributed by atoms with E-state index in [-0.39, 0.29) is 23.4 Å². The first kappa shape index (κ1) is 18.4. The molecule has 0 radical (unpaired) electrons. The van der Waals surface area contributed by atoms with Gasteiger partial charge >= 0.3 is 5.97 Å².